The number of hydrogen-bond acceptors (Lipinski definition) is 0. The summed E-state index contributed by atoms with van der Waals surface area (Å²) in [7, 11) is 0. The number of hydrogen-bond donors (Lipinski definition) is 0. The van der Waals surface area contributed by atoms with E-state index in [0.29, 0.717) is 28.7 Å². The summed E-state index contributed by atoms with van der Waals surface area (Å²) >= 11 is 0. The van der Waals surface area contributed by atoms with Crippen LogP contribution in [0.2, 0.25) is 0 Å². The lowest BCUT2D eigenvalue weighted by Crippen LogP contribution is -2.09. The Morgan fingerprint density at radius 2 is 1.55 bits per heavy atom. The highest BCUT2D eigenvalue weighted by Gasteiger charge is 2.23. The summed E-state index contributed by atoms with van der Waals surface area (Å²) in [5, 5.41) is 0. The van der Waals surface area contributed by atoms with E-state index in [4.69, 9.17) is 0 Å². The highest BCUT2D eigenvalue weighted by atomic mass is 19.2. The Balaban J connectivity index is 1.66. The third kappa shape index (κ3) is 4.14. The Hall–Kier alpha value is -2.95. The van der Waals surface area contributed by atoms with Gasteiger partial charge in [0.05, 0.1) is 0 Å². The van der Waals surface area contributed by atoms with E-state index < -0.39 is 29.1 Å². The van der Waals surface area contributed by atoms with E-state index >= 15 is 4.39 Å². The molecule has 0 nitrogen and oxygen atoms in total. The van der Waals surface area contributed by atoms with Gasteiger partial charge in [0.25, 0.3) is 0 Å². The van der Waals surface area contributed by atoms with Crippen molar-refractivity contribution in [3.63, 3.8) is 0 Å². The SMILES string of the molecule is CCCCc1cc(F)c(C2=CCc3c(ccc(-c4ccc(F)c(F)c4)c3F)C2)c(F)c1. The lowest BCUT2D eigenvalue weighted by Gasteiger charge is -2.21. The van der Waals surface area contributed by atoms with Crippen LogP contribution < -0.4 is 0 Å². The molecule has 0 aliphatic heterocycles. The molecular weight excluding hydrogens is 407 g/mol. The smallest absolute Gasteiger partial charge is 0.159 e. The molecule has 3 aromatic carbocycles. The summed E-state index contributed by atoms with van der Waals surface area (Å²) < 4.78 is 71.3. The predicted molar refractivity (Wildman–Crippen MR) is 112 cm³/mol. The van der Waals surface area contributed by atoms with Crippen LogP contribution in [-0.2, 0) is 19.3 Å². The van der Waals surface area contributed by atoms with Crippen molar-refractivity contribution in [2.24, 2.45) is 0 Å². The maximum atomic E-state index is 15.1. The number of unbranched alkanes of at least 4 members (excludes halogenated alkanes) is 1. The van der Waals surface area contributed by atoms with Gasteiger partial charge in [0.15, 0.2) is 11.6 Å². The van der Waals surface area contributed by atoms with E-state index in [9.17, 15) is 17.6 Å². The Morgan fingerprint density at radius 3 is 2.23 bits per heavy atom. The molecule has 160 valence electrons. The van der Waals surface area contributed by atoms with Crippen LogP contribution in [0.3, 0.4) is 0 Å². The summed E-state index contributed by atoms with van der Waals surface area (Å²) in [4.78, 5) is 0. The Kier molecular flexibility index (Phi) is 5.94. The zero-order chi connectivity index (χ0) is 22.1. The fraction of sp³-hybridized carbons (Fsp3) is 0.231. The largest absolute Gasteiger partial charge is 0.206 e. The fourth-order valence-electron chi connectivity index (χ4n) is 4.08. The van der Waals surface area contributed by atoms with Gasteiger partial charge in [0.1, 0.15) is 17.5 Å². The van der Waals surface area contributed by atoms with Crippen LogP contribution in [0.5, 0.6) is 0 Å². The number of fused-ring (bicyclic) bond motifs is 1. The highest BCUT2D eigenvalue weighted by molar-refractivity contribution is 5.74. The average Bonchev–Trinajstić information content (AvgIpc) is 2.74. The molecule has 1 aliphatic rings. The molecule has 0 spiro atoms. The summed E-state index contributed by atoms with van der Waals surface area (Å²) in [6, 6.07) is 9.14. The first kappa shape index (κ1) is 21.3. The third-order valence-corrected chi connectivity index (χ3v) is 5.75. The number of allylic oxidation sites excluding steroid dienone is 2. The van der Waals surface area contributed by atoms with Crippen molar-refractivity contribution in [2.45, 2.75) is 39.0 Å². The lowest BCUT2D eigenvalue weighted by molar-refractivity contribution is 0.509. The van der Waals surface area contributed by atoms with Gasteiger partial charge < -0.3 is 0 Å². The van der Waals surface area contributed by atoms with E-state index in [0.717, 1.165) is 25.0 Å². The zero-order valence-electron chi connectivity index (χ0n) is 17.0. The Bertz CT molecular complexity index is 1150. The van der Waals surface area contributed by atoms with Crippen molar-refractivity contribution in [1.82, 2.24) is 0 Å². The second-order valence-corrected chi connectivity index (χ2v) is 7.84. The maximum Gasteiger partial charge on any atom is 0.159 e. The van der Waals surface area contributed by atoms with Crippen LogP contribution in [0.1, 0.15) is 42.0 Å². The first-order valence-corrected chi connectivity index (χ1v) is 10.3. The van der Waals surface area contributed by atoms with Crippen LogP contribution in [0, 0.1) is 29.1 Å². The molecule has 0 unspecified atom stereocenters. The molecule has 1 aliphatic carbocycles. The van der Waals surface area contributed by atoms with Crippen LogP contribution in [0.4, 0.5) is 22.0 Å². The molecule has 0 saturated heterocycles. The second kappa shape index (κ2) is 8.66. The first-order valence-electron chi connectivity index (χ1n) is 10.3. The van der Waals surface area contributed by atoms with Gasteiger partial charge in [-0.1, -0.05) is 37.6 Å². The lowest BCUT2D eigenvalue weighted by atomic mass is 9.85. The van der Waals surface area contributed by atoms with E-state index in [-0.39, 0.29) is 29.5 Å². The number of halogens is 5. The second-order valence-electron chi connectivity index (χ2n) is 7.84. The minimum Gasteiger partial charge on any atom is -0.206 e. The average molecular weight is 428 g/mol. The van der Waals surface area contributed by atoms with Crippen LogP contribution in [0.25, 0.3) is 16.7 Å². The molecule has 0 atom stereocenters. The Morgan fingerprint density at radius 1 is 0.806 bits per heavy atom. The number of benzene rings is 3. The van der Waals surface area contributed by atoms with Crippen molar-refractivity contribution in [1.29, 1.82) is 0 Å². The molecule has 31 heavy (non-hydrogen) atoms. The summed E-state index contributed by atoms with van der Waals surface area (Å²) in [6.07, 6.45) is 4.38. The predicted octanol–water partition coefficient (Wildman–Crippen LogP) is 7.57. The maximum absolute atomic E-state index is 15.1. The summed E-state index contributed by atoms with van der Waals surface area (Å²) in [5.74, 6) is -3.81. The molecular formula is C26H21F5. The minimum atomic E-state index is -1.05. The van der Waals surface area contributed by atoms with Crippen molar-refractivity contribution < 1.29 is 22.0 Å². The molecule has 0 amide bonds. The molecule has 0 fully saturated rings. The number of rotatable bonds is 5. The molecule has 4 rings (SSSR count). The molecule has 0 aromatic heterocycles. The summed E-state index contributed by atoms with van der Waals surface area (Å²) in [6.45, 7) is 2.02. The molecule has 0 radical (unpaired) electrons. The zero-order valence-corrected chi connectivity index (χ0v) is 17.0. The highest BCUT2D eigenvalue weighted by Crippen LogP contribution is 2.36. The van der Waals surface area contributed by atoms with Gasteiger partial charge >= 0.3 is 0 Å². The molecule has 0 bridgehead atoms. The van der Waals surface area contributed by atoms with Gasteiger partial charge in [0, 0.05) is 11.1 Å². The van der Waals surface area contributed by atoms with Gasteiger partial charge in [-0.15, -0.1) is 0 Å². The standard InChI is InChI=1S/C26H21F5/c1-2-3-4-15-11-23(29)25(24(30)12-15)18-6-9-19-16(13-18)5-8-20(26(19)31)17-7-10-21(27)22(28)14-17/h5-8,10-12,14H,2-4,9,13H2,1H3. The van der Waals surface area contributed by atoms with Crippen LogP contribution >= 0.6 is 0 Å². The van der Waals surface area contributed by atoms with Crippen molar-refractivity contribution >= 4 is 5.57 Å². The van der Waals surface area contributed by atoms with Gasteiger partial charge in [-0.25, -0.2) is 22.0 Å². The van der Waals surface area contributed by atoms with Crippen molar-refractivity contribution in [3.8, 4) is 11.1 Å². The van der Waals surface area contributed by atoms with Gasteiger partial charge in [-0.05, 0) is 77.8 Å². The molecule has 5 heteroatoms. The quantitative estimate of drug-likeness (QED) is 0.368. The van der Waals surface area contributed by atoms with E-state index in [1.165, 1.54) is 24.3 Å². The third-order valence-electron chi connectivity index (χ3n) is 5.75. The normalized spacial score (nSPS) is 13.2. The molecule has 0 saturated carbocycles. The Labute approximate surface area is 178 Å². The molecule has 3 aromatic rings. The fourth-order valence-corrected chi connectivity index (χ4v) is 4.08. The topological polar surface area (TPSA) is 0 Å². The van der Waals surface area contributed by atoms with E-state index in [1.807, 2.05) is 6.92 Å². The van der Waals surface area contributed by atoms with Crippen molar-refractivity contribution in [2.75, 3.05) is 0 Å². The van der Waals surface area contributed by atoms with Crippen molar-refractivity contribution in [3.05, 3.63) is 99.9 Å². The van der Waals surface area contributed by atoms with Crippen LogP contribution in [-0.4, -0.2) is 0 Å². The number of aryl methyl sites for hydroxylation is 1. The van der Waals surface area contributed by atoms with E-state index in [1.54, 1.807) is 12.1 Å². The van der Waals surface area contributed by atoms with Gasteiger partial charge in [-0.3, -0.25) is 0 Å². The minimum absolute atomic E-state index is 0.0732. The van der Waals surface area contributed by atoms with E-state index in [2.05, 4.69) is 0 Å². The van der Waals surface area contributed by atoms with Crippen LogP contribution in [0.15, 0.2) is 48.5 Å². The first-order chi connectivity index (χ1) is 14.9. The summed E-state index contributed by atoms with van der Waals surface area (Å²) in [5.41, 5.74) is 2.43. The molecule has 0 N–H and O–H groups in total. The van der Waals surface area contributed by atoms with Gasteiger partial charge in [0.2, 0.25) is 0 Å². The molecule has 0 heterocycles. The monoisotopic (exact) mass is 428 g/mol. The van der Waals surface area contributed by atoms with Gasteiger partial charge in [-0.2, -0.15) is 0 Å².